The minimum Gasteiger partial charge on any atom is -0.460 e. The molecule has 0 bridgehead atoms. The van der Waals surface area contributed by atoms with Crippen LogP contribution in [-0.2, 0) is 0 Å². The summed E-state index contributed by atoms with van der Waals surface area (Å²) in [5.74, 6) is 6.30. The van der Waals surface area contributed by atoms with Crippen LogP contribution >= 0.6 is 0 Å². The van der Waals surface area contributed by atoms with E-state index in [9.17, 15) is 0 Å². The topological polar surface area (TPSA) is 89.2 Å². The molecule has 1 fully saturated rings. The van der Waals surface area contributed by atoms with E-state index in [4.69, 9.17) is 10.6 Å². The van der Waals surface area contributed by atoms with Crippen LogP contribution in [0, 0.1) is 0 Å². The number of anilines is 2. The molecule has 1 aliphatic carbocycles. The summed E-state index contributed by atoms with van der Waals surface area (Å²) in [4.78, 5) is 14.7. The third-order valence-corrected chi connectivity index (χ3v) is 3.10. The third kappa shape index (κ3) is 2.79. The second kappa shape index (κ2) is 5.81. The summed E-state index contributed by atoms with van der Waals surface area (Å²) in [7, 11) is 0. The largest absolute Gasteiger partial charge is 0.460 e. The van der Waals surface area contributed by atoms with Gasteiger partial charge in [-0.1, -0.05) is 0 Å². The fraction of sp³-hybridized carbons (Fsp3) is 0.727. The molecule has 1 aromatic heterocycles. The van der Waals surface area contributed by atoms with Gasteiger partial charge in [-0.3, -0.25) is 5.43 Å². The van der Waals surface area contributed by atoms with Gasteiger partial charge >= 0.3 is 6.01 Å². The number of ether oxygens (including phenoxy) is 1. The number of nitrogens with one attached hydrogen (secondary N) is 1. The molecule has 18 heavy (non-hydrogen) atoms. The van der Waals surface area contributed by atoms with E-state index in [1.807, 2.05) is 4.90 Å². The van der Waals surface area contributed by atoms with Crippen LogP contribution in [0.5, 0.6) is 6.01 Å². The molecule has 2 rings (SSSR count). The lowest BCUT2D eigenvalue weighted by Crippen LogP contribution is -2.28. The summed E-state index contributed by atoms with van der Waals surface area (Å²) in [6.45, 7) is 5.76. The lowest BCUT2D eigenvalue weighted by atomic mass is 9.96. The highest BCUT2D eigenvalue weighted by molar-refractivity contribution is 5.37. The van der Waals surface area contributed by atoms with Crippen LogP contribution in [-0.4, -0.2) is 34.1 Å². The summed E-state index contributed by atoms with van der Waals surface area (Å²) in [6, 6.07) is 0.351. The molecule has 0 amide bonds. The van der Waals surface area contributed by atoms with E-state index in [0.717, 1.165) is 25.9 Å². The molecule has 0 radical (unpaired) electrons. The monoisotopic (exact) mass is 252 g/mol. The van der Waals surface area contributed by atoms with Gasteiger partial charge in [0.05, 0.1) is 0 Å². The highest BCUT2D eigenvalue weighted by Gasteiger charge is 2.21. The number of hydrogen-bond donors (Lipinski definition) is 2. The highest BCUT2D eigenvalue weighted by Crippen LogP contribution is 2.24. The average Bonchev–Trinajstić information content (AvgIpc) is 2.35. The lowest BCUT2D eigenvalue weighted by Gasteiger charge is -2.26. The number of hydrazine groups is 1. The first kappa shape index (κ1) is 12.8. The van der Waals surface area contributed by atoms with Crippen molar-refractivity contribution in [3.05, 3.63) is 0 Å². The predicted molar refractivity (Wildman–Crippen MR) is 69.5 cm³/mol. The van der Waals surface area contributed by atoms with Crippen molar-refractivity contribution in [2.45, 2.75) is 39.2 Å². The molecule has 1 saturated carbocycles. The molecule has 0 saturated heterocycles. The number of hydrogen-bond acceptors (Lipinski definition) is 7. The number of nitrogens with two attached hydrogens (primary N) is 1. The van der Waals surface area contributed by atoms with Crippen molar-refractivity contribution in [1.29, 1.82) is 0 Å². The molecular formula is C11H20N6O. The molecule has 7 nitrogen and oxygen atoms in total. The van der Waals surface area contributed by atoms with E-state index in [1.165, 1.54) is 6.42 Å². The lowest BCUT2D eigenvalue weighted by molar-refractivity contribution is 0.108. The van der Waals surface area contributed by atoms with Crippen molar-refractivity contribution in [3.8, 4) is 6.01 Å². The van der Waals surface area contributed by atoms with Gasteiger partial charge in [0.15, 0.2) is 0 Å². The van der Waals surface area contributed by atoms with Gasteiger partial charge in [-0.05, 0) is 33.1 Å². The Morgan fingerprint density at radius 1 is 1.28 bits per heavy atom. The van der Waals surface area contributed by atoms with E-state index in [1.54, 1.807) is 0 Å². The molecule has 1 aromatic rings. The molecule has 0 spiro atoms. The number of rotatable bonds is 6. The molecule has 1 heterocycles. The number of nitrogen functional groups attached to an aromatic ring is 1. The minimum absolute atomic E-state index is 0.238. The van der Waals surface area contributed by atoms with Crippen LogP contribution in [0.3, 0.4) is 0 Å². The van der Waals surface area contributed by atoms with Crippen molar-refractivity contribution in [1.82, 2.24) is 15.0 Å². The van der Waals surface area contributed by atoms with Crippen molar-refractivity contribution < 1.29 is 4.74 Å². The summed E-state index contributed by atoms with van der Waals surface area (Å²) >= 11 is 0. The van der Waals surface area contributed by atoms with Gasteiger partial charge in [0, 0.05) is 13.1 Å². The maximum Gasteiger partial charge on any atom is 0.323 e. The van der Waals surface area contributed by atoms with Crippen molar-refractivity contribution in [2.24, 2.45) is 5.84 Å². The molecule has 0 aliphatic heterocycles. The first-order valence-corrected chi connectivity index (χ1v) is 6.41. The smallest absolute Gasteiger partial charge is 0.323 e. The van der Waals surface area contributed by atoms with Crippen molar-refractivity contribution >= 4 is 11.9 Å². The summed E-state index contributed by atoms with van der Waals surface area (Å²) in [6.07, 6.45) is 3.58. The minimum atomic E-state index is 0.238. The Hall–Kier alpha value is -1.63. The molecule has 100 valence electrons. The Balaban J connectivity index is 2.19. The van der Waals surface area contributed by atoms with E-state index >= 15 is 0 Å². The van der Waals surface area contributed by atoms with Gasteiger partial charge in [0.2, 0.25) is 11.9 Å². The normalized spacial score (nSPS) is 15.1. The van der Waals surface area contributed by atoms with Gasteiger partial charge in [0.1, 0.15) is 6.10 Å². The van der Waals surface area contributed by atoms with Crippen LogP contribution in [0.25, 0.3) is 0 Å². The van der Waals surface area contributed by atoms with Crippen LogP contribution in [0.15, 0.2) is 0 Å². The quantitative estimate of drug-likeness (QED) is 0.575. The Morgan fingerprint density at radius 2 is 2.00 bits per heavy atom. The average molecular weight is 252 g/mol. The molecular weight excluding hydrogens is 232 g/mol. The molecule has 1 aliphatic rings. The molecule has 3 N–H and O–H groups in total. The van der Waals surface area contributed by atoms with Gasteiger partial charge in [0.25, 0.3) is 0 Å². The Labute approximate surface area is 107 Å². The van der Waals surface area contributed by atoms with Crippen molar-refractivity contribution in [2.75, 3.05) is 23.4 Å². The van der Waals surface area contributed by atoms with Crippen LogP contribution in [0.2, 0.25) is 0 Å². The van der Waals surface area contributed by atoms with Crippen LogP contribution < -0.4 is 20.9 Å². The van der Waals surface area contributed by atoms with E-state index in [0.29, 0.717) is 17.9 Å². The fourth-order valence-electron chi connectivity index (χ4n) is 1.75. The fourth-order valence-corrected chi connectivity index (χ4v) is 1.75. The number of nitrogens with zero attached hydrogens (tertiary/aromatic N) is 4. The molecule has 0 unspecified atom stereocenters. The van der Waals surface area contributed by atoms with Gasteiger partial charge < -0.3 is 9.64 Å². The second-order valence-corrected chi connectivity index (χ2v) is 4.23. The summed E-state index contributed by atoms with van der Waals surface area (Å²) < 4.78 is 5.69. The standard InChI is InChI=1S/C11H20N6O/c1-3-17(4-2)10-13-9(16-12)14-11(15-10)18-8-6-5-7-8/h8H,3-7,12H2,1-2H3,(H,13,14,15,16). The summed E-state index contributed by atoms with van der Waals surface area (Å²) in [5, 5.41) is 0. The van der Waals surface area contributed by atoms with E-state index in [2.05, 4.69) is 34.2 Å². The first-order valence-electron chi connectivity index (χ1n) is 6.41. The summed E-state index contributed by atoms with van der Waals surface area (Å²) in [5.41, 5.74) is 2.45. The number of aromatic nitrogens is 3. The van der Waals surface area contributed by atoms with Gasteiger partial charge in [-0.25, -0.2) is 5.84 Å². The van der Waals surface area contributed by atoms with E-state index in [-0.39, 0.29) is 6.10 Å². The zero-order chi connectivity index (χ0) is 13.0. The van der Waals surface area contributed by atoms with Gasteiger partial charge in [-0.2, -0.15) is 15.0 Å². The zero-order valence-electron chi connectivity index (χ0n) is 10.9. The second-order valence-electron chi connectivity index (χ2n) is 4.23. The Morgan fingerprint density at radius 3 is 2.50 bits per heavy atom. The van der Waals surface area contributed by atoms with Gasteiger partial charge in [-0.15, -0.1) is 0 Å². The van der Waals surface area contributed by atoms with Crippen LogP contribution in [0.4, 0.5) is 11.9 Å². The maximum atomic E-state index is 5.69. The molecule has 7 heteroatoms. The first-order chi connectivity index (χ1) is 8.76. The Kier molecular flexibility index (Phi) is 4.14. The maximum absolute atomic E-state index is 5.69. The highest BCUT2D eigenvalue weighted by atomic mass is 16.5. The van der Waals surface area contributed by atoms with E-state index < -0.39 is 0 Å². The predicted octanol–water partition coefficient (Wildman–Crippen LogP) is 0.935. The SMILES string of the molecule is CCN(CC)c1nc(NN)nc(OC2CCC2)n1. The van der Waals surface area contributed by atoms with Crippen molar-refractivity contribution in [3.63, 3.8) is 0 Å². The zero-order valence-corrected chi connectivity index (χ0v) is 10.9. The van der Waals surface area contributed by atoms with Crippen LogP contribution in [0.1, 0.15) is 33.1 Å². The third-order valence-electron chi connectivity index (χ3n) is 3.10. The molecule has 0 aromatic carbocycles. The Bertz CT molecular complexity index is 391. The molecule has 0 atom stereocenters.